The Morgan fingerprint density at radius 2 is 2.20 bits per heavy atom. The van der Waals surface area contributed by atoms with Crippen molar-refractivity contribution in [3.8, 4) is 0 Å². The summed E-state index contributed by atoms with van der Waals surface area (Å²) in [6.07, 6.45) is 4.63. The second-order valence-corrected chi connectivity index (χ2v) is 4.59. The normalized spacial score (nSPS) is 21.6. The van der Waals surface area contributed by atoms with E-state index >= 15 is 0 Å². The van der Waals surface area contributed by atoms with Crippen molar-refractivity contribution in [2.75, 3.05) is 6.54 Å². The first-order chi connectivity index (χ1) is 7.25. The van der Waals surface area contributed by atoms with E-state index in [1.807, 2.05) is 0 Å². The Morgan fingerprint density at radius 1 is 1.33 bits per heavy atom. The Labute approximate surface area is 99.2 Å². The van der Waals surface area contributed by atoms with Crippen LogP contribution < -0.4 is 5.32 Å². The zero-order chi connectivity index (χ0) is 10.7. The number of hydrogen-bond donors (Lipinski definition) is 1. The van der Waals surface area contributed by atoms with Crippen molar-refractivity contribution in [1.82, 2.24) is 15.5 Å². The van der Waals surface area contributed by atoms with Gasteiger partial charge in [0.1, 0.15) is 0 Å². The van der Waals surface area contributed by atoms with Gasteiger partial charge in [0.25, 0.3) is 0 Å². The van der Waals surface area contributed by atoms with Crippen molar-refractivity contribution in [2.45, 2.75) is 31.7 Å². The first kappa shape index (κ1) is 11.1. The maximum atomic E-state index is 5.88. The Morgan fingerprint density at radius 3 is 2.87 bits per heavy atom. The lowest BCUT2D eigenvalue weighted by molar-refractivity contribution is 0.396. The summed E-state index contributed by atoms with van der Waals surface area (Å²) in [5.41, 5.74) is 0.906. The van der Waals surface area contributed by atoms with E-state index in [1.165, 1.54) is 19.3 Å². The quantitative estimate of drug-likeness (QED) is 0.871. The monoisotopic (exact) mass is 245 g/mol. The van der Waals surface area contributed by atoms with E-state index in [2.05, 4.69) is 15.5 Å². The Kier molecular flexibility index (Phi) is 3.78. The highest BCUT2D eigenvalue weighted by Crippen LogP contribution is 2.19. The molecule has 1 aromatic rings. The van der Waals surface area contributed by atoms with Crippen molar-refractivity contribution in [2.24, 2.45) is 0 Å². The Bertz CT molecular complexity index is 337. The molecule has 1 aliphatic heterocycles. The molecule has 15 heavy (non-hydrogen) atoms. The number of nitrogens with zero attached hydrogens (tertiary/aromatic N) is 2. The molecule has 0 aromatic carbocycles. The summed E-state index contributed by atoms with van der Waals surface area (Å²) < 4.78 is 0. The summed E-state index contributed by atoms with van der Waals surface area (Å²) in [5.74, 6) is 0. The predicted octanol–water partition coefficient (Wildman–Crippen LogP) is 2.47. The molecule has 0 amide bonds. The fourth-order valence-corrected chi connectivity index (χ4v) is 2.10. The molecule has 1 unspecified atom stereocenters. The molecular weight excluding hydrogens is 233 g/mol. The number of nitrogens with one attached hydrogen (secondary N) is 1. The van der Waals surface area contributed by atoms with E-state index in [4.69, 9.17) is 23.2 Å². The maximum absolute atomic E-state index is 5.88. The predicted molar refractivity (Wildman–Crippen MR) is 61.4 cm³/mol. The molecule has 1 aromatic heterocycles. The zero-order valence-corrected chi connectivity index (χ0v) is 9.85. The summed E-state index contributed by atoms with van der Waals surface area (Å²) in [6, 6.07) is 2.30. The van der Waals surface area contributed by atoms with Crippen LogP contribution >= 0.6 is 23.2 Å². The fraction of sp³-hybridized carbons (Fsp3) is 0.600. The number of aromatic nitrogens is 2. The molecule has 3 nitrogen and oxygen atoms in total. The first-order valence-corrected chi connectivity index (χ1v) is 5.92. The molecule has 0 bridgehead atoms. The summed E-state index contributed by atoms with van der Waals surface area (Å²) in [5, 5.41) is 12.0. The third-order valence-electron chi connectivity index (χ3n) is 2.62. The SMILES string of the molecule is Clc1cc(CC2CCCCN2)nnc1Cl. The Hall–Kier alpha value is -0.380. The van der Waals surface area contributed by atoms with Crippen LogP contribution in [0.3, 0.4) is 0 Å². The summed E-state index contributed by atoms with van der Waals surface area (Å²) in [6.45, 7) is 1.10. The molecule has 1 fully saturated rings. The van der Waals surface area contributed by atoms with Gasteiger partial charge in [0.15, 0.2) is 5.15 Å². The number of halogens is 2. The van der Waals surface area contributed by atoms with Gasteiger partial charge in [-0.1, -0.05) is 29.6 Å². The number of hydrogen-bond acceptors (Lipinski definition) is 3. The third kappa shape index (κ3) is 3.03. The van der Waals surface area contributed by atoms with Gasteiger partial charge in [-0.05, 0) is 25.5 Å². The van der Waals surface area contributed by atoms with Crippen LogP contribution in [-0.4, -0.2) is 22.8 Å². The minimum Gasteiger partial charge on any atom is -0.314 e. The molecule has 0 saturated carbocycles. The minimum atomic E-state index is 0.275. The van der Waals surface area contributed by atoms with Crippen molar-refractivity contribution < 1.29 is 0 Å². The zero-order valence-electron chi connectivity index (χ0n) is 8.34. The molecule has 2 heterocycles. The van der Waals surface area contributed by atoms with E-state index in [0.717, 1.165) is 18.7 Å². The fourth-order valence-electron chi connectivity index (χ4n) is 1.84. The minimum absolute atomic E-state index is 0.275. The van der Waals surface area contributed by atoms with Crippen LogP contribution in [0.15, 0.2) is 6.07 Å². The number of rotatable bonds is 2. The van der Waals surface area contributed by atoms with Gasteiger partial charge in [0.05, 0.1) is 10.7 Å². The van der Waals surface area contributed by atoms with Crippen LogP contribution in [0.2, 0.25) is 10.2 Å². The standard InChI is InChI=1S/C10H13Cl2N3/c11-9-6-8(14-15-10(9)12)5-7-3-1-2-4-13-7/h6-7,13H,1-5H2. The van der Waals surface area contributed by atoms with Crippen molar-refractivity contribution in [3.63, 3.8) is 0 Å². The van der Waals surface area contributed by atoms with Crippen LogP contribution in [0.5, 0.6) is 0 Å². The van der Waals surface area contributed by atoms with E-state index < -0.39 is 0 Å². The molecule has 1 aliphatic rings. The molecule has 1 atom stereocenters. The average Bonchev–Trinajstić information content (AvgIpc) is 2.25. The highest BCUT2D eigenvalue weighted by molar-refractivity contribution is 6.41. The third-order valence-corrected chi connectivity index (χ3v) is 3.29. The maximum Gasteiger partial charge on any atom is 0.170 e. The lowest BCUT2D eigenvalue weighted by Gasteiger charge is -2.22. The van der Waals surface area contributed by atoms with Crippen molar-refractivity contribution in [1.29, 1.82) is 0 Å². The van der Waals surface area contributed by atoms with Gasteiger partial charge in [0.2, 0.25) is 0 Å². The molecule has 1 saturated heterocycles. The van der Waals surface area contributed by atoms with Crippen LogP contribution in [0.25, 0.3) is 0 Å². The molecule has 5 heteroatoms. The van der Waals surface area contributed by atoms with Crippen LogP contribution in [-0.2, 0) is 6.42 Å². The van der Waals surface area contributed by atoms with E-state index in [-0.39, 0.29) is 5.15 Å². The molecular formula is C10H13Cl2N3. The van der Waals surface area contributed by atoms with Gasteiger partial charge in [-0.2, -0.15) is 5.10 Å². The second-order valence-electron chi connectivity index (χ2n) is 3.83. The Balaban J connectivity index is 2.00. The van der Waals surface area contributed by atoms with Crippen molar-refractivity contribution >= 4 is 23.2 Å². The van der Waals surface area contributed by atoms with E-state index in [9.17, 15) is 0 Å². The van der Waals surface area contributed by atoms with E-state index in [0.29, 0.717) is 11.1 Å². The summed E-state index contributed by atoms with van der Waals surface area (Å²) >= 11 is 11.6. The van der Waals surface area contributed by atoms with Crippen LogP contribution in [0.1, 0.15) is 25.0 Å². The van der Waals surface area contributed by atoms with Gasteiger partial charge in [0, 0.05) is 12.5 Å². The van der Waals surface area contributed by atoms with Crippen LogP contribution in [0.4, 0.5) is 0 Å². The van der Waals surface area contributed by atoms with Crippen LogP contribution in [0, 0.1) is 0 Å². The van der Waals surface area contributed by atoms with Gasteiger partial charge >= 0.3 is 0 Å². The first-order valence-electron chi connectivity index (χ1n) is 5.16. The summed E-state index contributed by atoms with van der Waals surface area (Å²) in [4.78, 5) is 0. The van der Waals surface area contributed by atoms with Gasteiger partial charge in [-0.3, -0.25) is 0 Å². The molecule has 0 spiro atoms. The highest BCUT2D eigenvalue weighted by atomic mass is 35.5. The number of piperidine rings is 1. The topological polar surface area (TPSA) is 37.8 Å². The average molecular weight is 246 g/mol. The highest BCUT2D eigenvalue weighted by Gasteiger charge is 2.14. The van der Waals surface area contributed by atoms with Gasteiger partial charge in [-0.15, -0.1) is 5.10 Å². The smallest absolute Gasteiger partial charge is 0.170 e. The second kappa shape index (κ2) is 5.10. The van der Waals surface area contributed by atoms with E-state index in [1.54, 1.807) is 6.07 Å². The largest absolute Gasteiger partial charge is 0.314 e. The lowest BCUT2D eigenvalue weighted by atomic mass is 10.0. The molecule has 82 valence electrons. The van der Waals surface area contributed by atoms with Gasteiger partial charge in [-0.25, -0.2) is 0 Å². The molecule has 0 aliphatic carbocycles. The lowest BCUT2D eigenvalue weighted by Crippen LogP contribution is -2.35. The van der Waals surface area contributed by atoms with Crippen molar-refractivity contribution in [3.05, 3.63) is 21.9 Å². The molecule has 1 N–H and O–H groups in total. The summed E-state index contributed by atoms with van der Waals surface area (Å²) in [7, 11) is 0. The molecule has 2 rings (SSSR count). The van der Waals surface area contributed by atoms with Gasteiger partial charge < -0.3 is 5.32 Å². The molecule has 0 radical (unpaired) electrons.